The molecule has 1 aliphatic rings. The molecule has 0 aromatic heterocycles. The van der Waals surface area contributed by atoms with Crippen LogP contribution < -0.4 is 24.8 Å². The Labute approximate surface area is 324 Å². The van der Waals surface area contributed by atoms with Crippen molar-refractivity contribution in [3.05, 3.63) is 148 Å². The summed E-state index contributed by atoms with van der Waals surface area (Å²) in [4.78, 5) is 0. The predicted molar refractivity (Wildman–Crippen MR) is 186 cm³/mol. The second-order valence-corrected chi connectivity index (χ2v) is 14.7. The van der Waals surface area contributed by atoms with Crippen LogP contribution in [0.3, 0.4) is 0 Å². The maximum absolute atomic E-state index is 12.5. The van der Waals surface area contributed by atoms with Gasteiger partial charge in [0.25, 0.3) is 0 Å². The van der Waals surface area contributed by atoms with Crippen molar-refractivity contribution in [2.24, 2.45) is 11.3 Å². The third-order valence-electron chi connectivity index (χ3n) is 8.32. The largest absolute Gasteiger partial charge is 1.00 e. The van der Waals surface area contributed by atoms with E-state index in [1.54, 1.807) is 0 Å². The second kappa shape index (κ2) is 18.3. The summed E-state index contributed by atoms with van der Waals surface area (Å²) in [6.07, 6.45) is 1.61. The fraction of sp³-hybridized carbons (Fsp3) is 0.286. The van der Waals surface area contributed by atoms with Gasteiger partial charge in [-0.25, -0.2) is 6.08 Å². The molecule has 270 valence electrons. The van der Waals surface area contributed by atoms with Gasteiger partial charge >= 0.3 is 137 Å². The van der Waals surface area contributed by atoms with Gasteiger partial charge in [-0.05, 0) is 13.8 Å². The van der Waals surface area contributed by atoms with Gasteiger partial charge in [0.05, 0.1) is 0 Å². The van der Waals surface area contributed by atoms with Crippen LogP contribution in [0.4, 0.5) is 26.3 Å². The standard InChI is InChI=1S/C15H8F6.C15H13.C12H19.2ClH.Zr/c16-14(17,18)12-5-1-10(2-6-12)9-11-3-7-13(8-4-11)15(19,20)21;1-10-3-5-14-12(7-10)9-13-8-11(2)4-6-15(13)14;1-5-6-10-7-8-11(9-10)12(2,3)4;;;/h1-8H;3-9H,1-2H3;8-10H,5-6H2,1-4H3;2*1H;/q;2*-1;;;+2/p-2. The minimum atomic E-state index is -4.41. The van der Waals surface area contributed by atoms with Gasteiger partial charge in [0, 0.05) is 0 Å². The van der Waals surface area contributed by atoms with Crippen molar-refractivity contribution in [3.8, 4) is 0 Å². The summed E-state index contributed by atoms with van der Waals surface area (Å²) in [7, 11) is 0. The van der Waals surface area contributed by atoms with Gasteiger partial charge in [-0.1, -0.05) is 87.3 Å². The summed E-state index contributed by atoms with van der Waals surface area (Å²) in [5.74, 6) is 0.587. The number of rotatable bonds is 4. The maximum Gasteiger partial charge on any atom is -1.00 e. The predicted octanol–water partition coefficient (Wildman–Crippen LogP) is 6.92. The Kier molecular flexibility index (Phi) is 15.9. The van der Waals surface area contributed by atoms with Crippen LogP contribution in [0.1, 0.15) is 73.9 Å². The molecule has 0 bridgehead atoms. The Morgan fingerprint density at radius 3 is 1.43 bits per heavy atom. The van der Waals surface area contributed by atoms with Crippen molar-refractivity contribution >= 4 is 24.8 Å². The number of aryl methyl sites for hydroxylation is 2. The Morgan fingerprint density at radius 2 is 1.10 bits per heavy atom. The molecule has 51 heavy (non-hydrogen) atoms. The first-order valence-corrected chi connectivity index (χ1v) is 17.4. The number of alkyl halides is 6. The molecule has 0 saturated carbocycles. The van der Waals surface area contributed by atoms with Crippen LogP contribution in [0.2, 0.25) is 0 Å². The van der Waals surface area contributed by atoms with Crippen molar-refractivity contribution < 1.29 is 75.4 Å². The Morgan fingerprint density at radius 1 is 0.686 bits per heavy atom. The van der Waals surface area contributed by atoms with E-state index in [-0.39, 0.29) is 24.8 Å². The Hall–Kier alpha value is -2.86. The van der Waals surface area contributed by atoms with E-state index >= 15 is 0 Å². The average molecular weight is 821 g/mol. The SMILES string of the molecule is CCCC1[C-]=CC(C(C)(C)C)=C1.Cc1ccc2c(c1)[cH-]c1cc(C)ccc12.FC(F)(F)c1ccc([C](=[Zr+2])c2ccc(C(F)(F)F)cc2)cc1.[Cl-].[Cl-]. The van der Waals surface area contributed by atoms with Gasteiger partial charge in [-0.3, -0.25) is 6.08 Å². The van der Waals surface area contributed by atoms with E-state index in [1.165, 1.54) is 75.4 Å². The minimum Gasteiger partial charge on any atom is -1.00 e. The first-order valence-electron chi connectivity index (χ1n) is 16.2. The molecule has 0 heterocycles. The number of halogens is 8. The summed E-state index contributed by atoms with van der Waals surface area (Å²) in [6.45, 7) is 13.3. The molecule has 0 fully saturated rings. The van der Waals surface area contributed by atoms with Crippen LogP contribution in [0, 0.1) is 31.3 Å². The average Bonchev–Trinajstić information content (AvgIpc) is 3.65. The molecule has 5 aromatic carbocycles. The molecule has 9 heteroatoms. The van der Waals surface area contributed by atoms with Crippen molar-refractivity contribution in [1.82, 2.24) is 0 Å². The van der Waals surface area contributed by atoms with Crippen molar-refractivity contribution in [2.45, 2.75) is 66.7 Å². The van der Waals surface area contributed by atoms with Crippen LogP contribution in [0.15, 0.2) is 109 Å². The molecule has 1 unspecified atom stereocenters. The van der Waals surface area contributed by atoms with E-state index in [4.69, 9.17) is 0 Å². The summed E-state index contributed by atoms with van der Waals surface area (Å²) in [5.41, 5.74) is 4.01. The van der Waals surface area contributed by atoms with Gasteiger partial charge in [0.1, 0.15) is 0 Å². The molecule has 0 aliphatic heterocycles. The minimum absolute atomic E-state index is 0. The normalized spacial score (nSPS) is 14.1. The van der Waals surface area contributed by atoms with Crippen LogP contribution in [-0.2, 0) is 36.6 Å². The summed E-state index contributed by atoms with van der Waals surface area (Å²) >= 11 is 0.898. The molecule has 0 radical (unpaired) electrons. The smallest absolute Gasteiger partial charge is 1.00 e. The van der Waals surface area contributed by atoms with E-state index < -0.39 is 23.5 Å². The fourth-order valence-corrected chi connectivity index (χ4v) is 6.35. The Balaban J connectivity index is 0.000000273. The zero-order valence-corrected chi connectivity index (χ0v) is 33.3. The van der Waals surface area contributed by atoms with Gasteiger partial charge in [-0.2, -0.15) is 11.6 Å². The van der Waals surface area contributed by atoms with Gasteiger partial charge < -0.3 is 24.8 Å². The molecule has 6 rings (SSSR count). The van der Waals surface area contributed by atoms with Crippen LogP contribution in [0.5, 0.6) is 0 Å². The number of hydrogen-bond acceptors (Lipinski definition) is 0. The molecule has 0 nitrogen and oxygen atoms in total. The van der Waals surface area contributed by atoms with Gasteiger partial charge in [0.15, 0.2) is 0 Å². The number of hydrogen-bond donors (Lipinski definition) is 0. The third-order valence-corrected chi connectivity index (χ3v) is 9.74. The molecule has 0 amide bonds. The number of benzene rings is 4. The van der Waals surface area contributed by atoms with E-state index in [0.717, 1.165) is 48.5 Å². The summed E-state index contributed by atoms with van der Waals surface area (Å²) in [5, 5.41) is 5.46. The first-order chi connectivity index (χ1) is 22.9. The van der Waals surface area contributed by atoms with Crippen molar-refractivity contribution in [2.75, 3.05) is 0 Å². The molecule has 1 aliphatic carbocycles. The van der Waals surface area contributed by atoms with Gasteiger partial charge in [0.2, 0.25) is 0 Å². The molecule has 1 atom stereocenters. The second-order valence-electron chi connectivity index (χ2n) is 13.4. The van der Waals surface area contributed by atoms with E-state index in [2.05, 4.69) is 102 Å². The van der Waals surface area contributed by atoms with Crippen LogP contribution in [-0.4, -0.2) is 3.21 Å². The third kappa shape index (κ3) is 12.1. The zero-order chi connectivity index (χ0) is 36.1. The molecule has 0 spiro atoms. The first kappa shape index (κ1) is 44.3. The van der Waals surface area contributed by atoms with Crippen LogP contribution >= 0.6 is 0 Å². The number of fused-ring (bicyclic) bond motifs is 3. The van der Waals surface area contributed by atoms with E-state index in [9.17, 15) is 26.3 Å². The molecule has 0 N–H and O–H groups in total. The quantitative estimate of drug-likeness (QED) is 0.137. The summed E-state index contributed by atoms with van der Waals surface area (Å²) in [6, 6.07) is 24.7. The fourth-order valence-electron chi connectivity index (χ4n) is 5.53. The molecule has 5 aromatic rings. The maximum atomic E-state index is 12.5. The summed E-state index contributed by atoms with van der Waals surface area (Å²) < 4.78 is 75.6. The van der Waals surface area contributed by atoms with Gasteiger partial charge in [-0.15, -0.1) is 39.7 Å². The van der Waals surface area contributed by atoms with Crippen LogP contribution in [0.25, 0.3) is 21.5 Å². The monoisotopic (exact) mass is 818 g/mol. The molecular formula is C42H40Cl2F6Zr-2. The zero-order valence-electron chi connectivity index (χ0n) is 29.3. The molecule has 0 saturated heterocycles. The molecular weight excluding hydrogens is 781 g/mol. The topological polar surface area (TPSA) is 0 Å². The van der Waals surface area contributed by atoms with Crippen molar-refractivity contribution in [3.63, 3.8) is 0 Å². The van der Waals surface area contributed by atoms with Crippen molar-refractivity contribution in [1.29, 1.82) is 0 Å². The Bertz CT molecular complexity index is 1840. The van der Waals surface area contributed by atoms with E-state index in [1.807, 2.05) is 0 Å². The number of allylic oxidation sites excluding steroid dienone is 4. The van der Waals surface area contributed by atoms with E-state index in [0.29, 0.717) is 25.7 Å².